The molecule has 0 amide bonds. The van der Waals surface area contributed by atoms with Crippen molar-refractivity contribution in [2.24, 2.45) is 0 Å². The van der Waals surface area contributed by atoms with Crippen LogP contribution in [0.15, 0.2) is 22.7 Å². The monoisotopic (exact) mass is 316 g/mol. The van der Waals surface area contributed by atoms with Gasteiger partial charge in [-0.05, 0) is 53.4 Å². The number of aliphatic hydroxyl groups excluding tert-OH is 1. The molecule has 1 rings (SSSR count). The molecule has 2 N–H and O–H groups in total. The maximum atomic E-state index is 10.8. The van der Waals surface area contributed by atoms with E-state index >= 15 is 0 Å². The largest absolute Gasteiger partial charge is 0.492 e. The minimum absolute atomic E-state index is 0.216. The first-order valence-corrected chi connectivity index (χ1v) is 6.71. The first-order chi connectivity index (χ1) is 8.65. The summed E-state index contributed by atoms with van der Waals surface area (Å²) >= 11 is 3.32. The molecule has 100 valence electrons. The highest BCUT2D eigenvalue weighted by molar-refractivity contribution is 9.10. The third-order valence-corrected chi connectivity index (χ3v) is 3.14. The van der Waals surface area contributed by atoms with Crippen molar-refractivity contribution in [1.29, 1.82) is 0 Å². The maximum absolute atomic E-state index is 10.8. The minimum Gasteiger partial charge on any atom is -0.492 e. The number of hydrogen-bond acceptors (Lipinski definition) is 3. The van der Waals surface area contributed by atoms with E-state index in [4.69, 9.17) is 14.9 Å². The van der Waals surface area contributed by atoms with Crippen LogP contribution < -0.4 is 4.74 Å². The van der Waals surface area contributed by atoms with Crippen LogP contribution in [-0.4, -0.2) is 29.4 Å². The van der Waals surface area contributed by atoms with Crippen molar-refractivity contribution in [2.45, 2.75) is 25.7 Å². The predicted octanol–water partition coefficient (Wildman–Crippen LogP) is 3.08. The van der Waals surface area contributed by atoms with Gasteiger partial charge in [0.1, 0.15) is 5.75 Å². The number of carboxylic acid groups (broad SMARTS) is 1. The van der Waals surface area contributed by atoms with Gasteiger partial charge in [-0.25, -0.2) is 4.79 Å². The Kier molecular flexibility index (Phi) is 6.75. The lowest BCUT2D eigenvalue weighted by molar-refractivity contribution is 0.0696. The highest BCUT2D eigenvalue weighted by Crippen LogP contribution is 2.26. The van der Waals surface area contributed by atoms with Gasteiger partial charge >= 0.3 is 5.97 Å². The van der Waals surface area contributed by atoms with Crippen LogP contribution in [-0.2, 0) is 0 Å². The number of carbonyl (C=O) groups is 1. The number of halogens is 1. The number of aromatic carboxylic acids is 1. The second-order valence-corrected chi connectivity index (χ2v) is 4.79. The van der Waals surface area contributed by atoms with Gasteiger partial charge in [-0.2, -0.15) is 0 Å². The number of carboxylic acids is 1. The quantitative estimate of drug-likeness (QED) is 0.723. The zero-order chi connectivity index (χ0) is 13.4. The van der Waals surface area contributed by atoms with Crippen molar-refractivity contribution in [3.63, 3.8) is 0 Å². The molecular weight excluding hydrogens is 300 g/mol. The molecule has 0 unspecified atom stereocenters. The summed E-state index contributed by atoms with van der Waals surface area (Å²) in [6.07, 6.45) is 3.69. The molecule has 0 heterocycles. The van der Waals surface area contributed by atoms with E-state index in [1.165, 1.54) is 12.1 Å². The van der Waals surface area contributed by atoms with Gasteiger partial charge in [0, 0.05) is 6.61 Å². The lowest BCUT2D eigenvalue weighted by atomic mass is 10.2. The van der Waals surface area contributed by atoms with E-state index in [-0.39, 0.29) is 12.2 Å². The summed E-state index contributed by atoms with van der Waals surface area (Å²) in [5.74, 6) is -0.410. The fourth-order valence-corrected chi connectivity index (χ4v) is 1.86. The van der Waals surface area contributed by atoms with E-state index in [1.54, 1.807) is 6.07 Å². The topological polar surface area (TPSA) is 66.8 Å². The number of unbranched alkanes of at least 4 members (excludes halogenated alkanes) is 3. The fourth-order valence-electron chi connectivity index (χ4n) is 1.50. The number of ether oxygens (including phenoxy) is 1. The Hall–Kier alpha value is -1.07. The second-order valence-electron chi connectivity index (χ2n) is 3.94. The van der Waals surface area contributed by atoms with Gasteiger partial charge in [-0.3, -0.25) is 0 Å². The van der Waals surface area contributed by atoms with Crippen LogP contribution in [0.5, 0.6) is 5.75 Å². The molecule has 0 fully saturated rings. The zero-order valence-corrected chi connectivity index (χ0v) is 11.6. The molecule has 0 saturated carbocycles. The zero-order valence-electron chi connectivity index (χ0n) is 10.1. The third kappa shape index (κ3) is 5.06. The second kappa shape index (κ2) is 8.11. The molecule has 5 heteroatoms. The van der Waals surface area contributed by atoms with E-state index in [1.807, 2.05) is 0 Å². The van der Waals surface area contributed by atoms with Crippen molar-refractivity contribution in [2.75, 3.05) is 13.2 Å². The summed E-state index contributed by atoms with van der Waals surface area (Å²) in [4.78, 5) is 10.8. The Labute approximate surface area is 115 Å². The van der Waals surface area contributed by atoms with E-state index in [0.29, 0.717) is 12.4 Å². The number of aliphatic hydroxyl groups is 1. The van der Waals surface area contributed by atoms with E-state index in [9.17, 15) is 4.79 Å². The summed E-state index contributed by atoms with van der Waals surface area (Å²) in [7, 11) is 0. The van der Waals surface area contributed by atoms with Crippen LogP contribution in [0.25, 0.3) is 0 Å². The van der Waals surface area contributed by atoms with Crippen LogP contribution in [0, 0.1) is 0 Å². The summed E-state index contributed by atoms with van der Waals surface area (Å²) in [6, 6.07) is 4.71. The first-order valence-electron chi connectivity index (χ1n) is 5.91. The number of benzene rings is 1. The molecule has 0 aliphatic rings. The molecule has 4 nitrogen and oxygen atoms in total. The average Bonchev–Trinajstić information content (AvgIpc) is 2.35. The van der Waals surface area contributed by atoms with Gasteiger partial charge in [0.25, 0.3) is 0 Å². The SMILES string of the molecule is O=C(O)c1ccc(Br)c(OCCCCCCO)c1. The van der Waals surface area contributed by atoms with Crippen molar-refractivity contribution in [3.05, 3.63) is 28.2 Å². The Balaban J connectivity index is 2.41. The van der Waals surface area contributed by atoms with E-state index in [2.05, 4.69) is 15.9 Å². The Bertz CT molecular complexity index is 393. The molecule has 18 heavy (non-hydrogen) atoms. The molecule has 0 bridgehead atoms. The van der Waals surface area contributed by atoms with Crippen LogP contribution >= 0.6 is 15.9 Å². The lowest BCUT2D eigenvalue weighted by Crippen LogP contribution is -2.01. The molecule has 0 aliphatic heterocycles. The van der Waals surface area contributed by atoms with Crippen molar-refractivity contribution >= 4 is 21.9 Å². The summed E-state index contributed by atoms with van der Waals surface area (Å²) in [6.45, 7) is 0.778. The van der Waals surface area contributed by atoms with Gasteiger partial charge in [0.05, 0.1) is 16.6 Å². The highest BCUT2D eigenvalue weighted by atomic mass is 79.9. The van der Waals surface area contributed by atoms with E-state index < -0.39 is 5.97 Å². The van der Waals surface area contributed by atoms with E-state index in [0.717, 1.165) is 30.2 Å². The van der Waals surface area contributed by atoms with Crippen LogP contribution in [0.3, 0.4) is 0 Å². The minimum atomic E-state index is -0.963. The predicted molar refractivity (Wildman–Crippen MR) is 72.2 cm³/mol. The van der Waals surface area contributed by atoms with Crippen molar-refractivity contribution in [1.82, 2.24) is 0 Å². The van der Waals surface area contributed by atoms with Gasteiger partial charge in [-0.1, -0.05) is 6.42 Å². The fraction of sp³-hybridized carbons (Fsp3) is 0.462. The van der Waals surface area contributed by atoms with Gasteiger partial charge < -0.3 is 14.9 Å². The van der Waals surface area contributed by atoms with Crippen LogP contribution in [0.2, 0.25) is 0 Å². The standard InChI is InChI=1S/C13H17BrO4/c14-11-6-5-10(13(16)17)9-12(11)18-8-4-2-1-3-7-15/h5-6,9,15H,1-4,7-8H2,(H,16,17). The van der Waals surface area contributed by atoms with Gasteiger partial charge in [0.15, 0.2) is 0 Å². The number of hydrogen-bond donors (Lipinski definition) is 2. The molecule has 1 aromatic carbocycles. The van der Waals surface area contributed by atoms with Gasteiger partial charge in [-0.15, -0.1) is 0 Å². The maximum Gasteiger partial charge on any atom is 0.335 e. The van der Waals surface area contributed by atoms with Crippen molar-refractivity contribution in [3.8, 4) is 5.75 Å². The average molecular weight is 317 g/mol. The molecule has 0 saturated heterocycles. The molecule has 0 radical (unpaired) electrons. The number of rotatable bonds is 8. The molecule has 0 spiro atoms. The Morgan fingerprint density at radius 3 is 2.61 bits per heavy atom. The molecular formula is C13H17BrO4. The molecule has 0 aromatic heterocycles. The van der Waals surface area contributed by atoms with Crippen molar-refractivity contribution < 1.29 is 19.7 Å². The summed E-state index contributed by atoms with van der Waals surface area (Å²) in [5.41, 5.74) is 0.216. The smallest absolute Gasteiger partial charge is 0.335 e. The molecule has 0 atom stereocenters. The third-order valence-electron chi connectivity index (χ3n) is 2.49. The summed E-state index contributed by atoms with van der Waals surface area (Å²) < 4.78 is 6.29. The highest BCUT2D eigenvalue weighted by Gasteiger charge is 2.07. The van der Waals surface area contributed by atoms with Gasteiger partial charge in [0.2, 0.25) is 0 Å². The summed E-state index contributed by atoms with van der Waals surface area (Å²) in [5, 5.41) is 17.5. The lowest BCUT2D eigenvalue weighted by Gasteiger charge is -2.08. The first kappa shape index (κ1) is 15.0. The normalized spacial score (nSPS) is 10.3. The molecule has 1 aromatic rings. The van der Waals surface area contributed by atoms with Crippen LogP contribution in [0.1, 0.15) is 36.0 Å². The Morgan fingerprint density at radius 2 is 1.94 bits per heavy atom. The molecule has 0 aliphatic carbocycles. The van der Waals surface area contributed by atoms with Crippen LogP contribution in [0.4, 0.5) is 0 Å². The Morgan fingerprint density at radius 1 is 1.22 bits per heavy atom.